The van der Waals surface area contributed by atoms with E-state index in [1.165, 1.54) is 0 Å². The molecule has 0 aromatic carbocycles. The average molecular weight is 183 g/mol. The Bertz CT molecular complexity index is 256. The highest BCUT2D eigenvalue weighted by Crippen LogP contribution is 2.58. The molecule has 2 rings (SSSR count). The topological polar surface area (TPSA) is 40.5 Å². The number of likely N-dealkylation sites (tertiary alicyclic amines) is 1. The van der Waals surface area contributed by atoms with Crippen LogP contribution in [0.15, 0.2) is 0 Å². The summed E-state index contributed by atoms with van der Waals surface area (Å²) in [6.45, 7) is 8.15. The molecule has 3 heteroatoms. The highest BCUT2D eigenvalue weighted by Gasteiger charge is 2.66. The molecule has 1 heterocycles. The van der Waals surface area contributed by atoms with Crippen LogP contribution < -0.4 is 0 Å². The maximum Gasteiger partial charge on any atom is 0.311 e. The van der Waals surface area contributed by atoms with E-state index in [0.29, 0.717) is 5.92 Å². The zero-order chi connectivity index (χ0) is 9.85. The number of hydrogen-bond donors (Lipinski definition) is 1. The minimum Gasteiger partial charge on any atom is -0.481 e. The van der Waals surface area contributed by atoms with Gasteiger partial charge in [-0.3, -0.25) is 9.69 Å². The van der Waals surface area contributed by atoms with Crippen LogP contribution in [-0.4, -0.2) is 34.6 Å². The van der Waals surface area contributed by atoms with Gasteiger partial charge >= 0.3 is 5.97 Å². The normalized spacial score (nSPS) is 38.8. The van der Waals surface area contributed by atoms with E-state index in [1.807, 2.05) is 0 Å². The summed E-state index contributed by atoms with van der Waals surface area (Å²) in [6, 6.07) is 0. The second-order valence-corrected chi connectivity index (χ2v) is 5.41. The van der Waals surface area contributed by atoms with Gasteiger partial charge in [-0.1, -0.05) is 0 Å². The van der Waals surface area contributed by atoms with Gasteiger partial charge in [0, 0.05) is 18.6 Å². The van der Waals surface area contributed by atoms with E-state index < -0.39 is 5.97 Å². The molecule has 3 nitrogen and oxygen atoms in total. The molecule has 2 atom stereocenters. The Hall–Kier alpha value is -0.570. The number of rotatable bonds is 1. The Labute approximate surface area is 78.7 Å². The van der Waals surface area contributed by atoms with Crippen LogP contribution >= 0.6 is 0 Å². The van der Waals surface area contributed by atoms with E-state index in [9.17, 15) is 4.79 Å². The van der Waals surface area contributed by atoms with Crippen molar-refractivity contribution in [2.24, 2.45) is 11.3 Å². The molecule has 74 valence electrons. The average Bonchev–Trinajstić information content (AvgIpc) is 2.53. The summed E-state index contributed by atoms with van der Waals surface area (Å²) < 4.78 is 0. The van der Waals surface area contributed by atoms with Gasteiger partial charge in [-0.05, 0) is 33.1 Å². The first-order valence-electron chi connectivity index (χ1n) is 4.85. The number of nitrogens with zero attached hydrogens (tertiary/aromatic N) is 1. The third kappa shape index (κ3) is 1.17. The first-order chi connectivity index (χ1) is 5.86. The second-order valence-electron chi connectivity index (χ2n) is 5.41. The van der Waals surface area contributed by atoms with E-state index in [4.69, 9.17) is 5.11 Å². The van der Waals surface area contributed by atoms with Crippen LogP contribution in [0.2, 0.25) is 0 Å². The minimum atomic E-state index is -0.593. The lowest BCUT2D eigenvalue weighted by atomic mass is 10.0. The molecule has 0 bridgehead atoms. The standard InChI is InChI=1S/C10H17NO2/c1-9(2,3)11-5-7-4-10(7,6-11)8(12)13/h7H,4-6H2,1-3H3,(H,12,13). The van der Waals surface area contributed by atoms with Crippen molar-refractivity contribution in [3.8, 4) is 0 Å². The summed E-state index contributed by atoms with van der Waals surface area (Å²) in [5, 5.41) is 9.07. The quantitative estimate of drug-likeness (QED) is 0.664. The smallest absolute Gasteiger partial charge is 0.311 e. The Balaban J connectivity index is 2.09. The number of piperidine rings is 1. The number of carboxylic acid groups (broad SMARTS) is 1. The molecule has 0 aromatic rings. The third-order valence-corrected chi connectivity index (χ3v) is 3.52. The summed E-state index contributed by atoms with van der Waals surface area (Å²) in [5.41, 5.74) is -0.247. The van der Waals surface area contributed by atoms with Crippen molar-refractivity contribution in [1.82, 2.24) is 4.90 Å². The molecule has 0 aromatic heterocycles. The monoisotopic (exact) mass is 183 g/mol. The van der Waals surface area contributed by atoms with Gasteiger partial charge in [0.05, 0.1) is 5.41 Å². The van der Waals surface area contributed by atoms with Gasteiger partial charge in [-0.15, -0.1) is 0 Å². The molecular formula is C10H17NO2. The first-order valence-corrected chi connectivity index (χ1v) is 4.85. The predicted octanol–water partition coefficient (Wildman–Crippen LogP) is 1.19. The lowest BCUT2D eigenvalue weighted by Crippen LogP contribution is -2.42. The predicted molar refractivity (Wildman–Crippen MR) is 49.5 cm³/mol. The molecule has 2 unspecified atom stereocenters. The van der Waals surface area contributed by atoms with Crippen LogP contribution in [0.25, 0.3) is 0 Å². The largest absolute Gasteiger partial charge is 0.481 e. The van der Waals surface area contributed by atoms with Gasteiger partial charge in [0.15, 0.2) is 0 Å². The van der Waals surface area contributed by atoms with Crippen molar-refractivity contribution in [1.29, 1.82) is 0 Å². The van der Waals surface area contributed by atoms with Crippen molar-refractivity contribution < 1.29 is 9.90 Å². The highest BCUT2D eigenvalue weighted by molar-refractivity contribution is 5.79. The maximum atomic E-state index is 11.0. The molecule has 1 N–H and O–H groups in total. The maximum absolute atomic E-state index is 11.0. The van der Waals surface area contributed by atoms with Crippen LogP contribution in [-0.2, 0) is 4.79 Å². The minimum absolute atomic E-state index is 0.121. The van der Waals surface area contributed by atoms with Gasteiger partial charge in [-0.25, -0.2) is 0 Å². The molecule has 2 aliphatic rings. The van der Waals surface area contributed by atoms with Crippen molar-refractivity contribution in [2.45, 2.75) is 32.7 Å². The number of hydrogen-bond acceptors (Lipinski definition) is 2. The van der Waals surface area contributed by atoms with E-state index in [-0.39, 0.29) is 11.0 Å². The fourth-order valence-electron chi connectivity index (χ4n) is 2.33. The summed E-state index contributed by atoms with van der Waals surface area (Å²) in [6.07, 6.45) is 0.898. The summed E-state index contributed by atoms with van der Waals surface area (Å²) >= 11 is 0. The van der Waals surface area contributed by atoms with Crippen LogP contribution in [0.4, 0.5) is 0 Å². The van der Waals surface area contributed by atoms with E-state index in [1.54, 1.807) is 0 Å². The second kappa shape index (κ2) is 2.27. The SMILES string of the molecule is CC(C)(C)N1CC2CC2(C(=O)O)C1. The number of fused-ring (bicyclic) bond motifs is 1. The Kier molecular flexibility index (Phi) is 1.57. The lowest BCUT2D eigenvalue weighted by molar-refractivity contribution is -0.143. The van der Waals surface area contributed by atoms with E-state index in [2.05, 4.69) is 25.7 Å². The number of carboxylic acids is 1. The molecule has 1 saturated heterocycles. The molecule has 13 heavy (non-hydrogen) atoms. The Morgan fingerprint density at radius 1 is 1.54 bits per heavy atom. The molecule has 1 saturated carbocycles. The number of aliphatic carboxylic acids is 1. The third-order valence-electron chi connectivity index (χ3n) is 3.52. The van der Waals surface area contributed by atoms with E-state index >= 15 is 0 Å². The molecule has 2 fully saturated rings. The summed E-state index contributed by atoms with van der Waals surface area (Å²) in [4.78, 5) is 13.3. The molecule has 0 spiro atoms. The van der Waals surface area contributed by atoms with Crippen molar-refractivity contribution >= 4 is 5.97 Å². The zero-order valence-corrected chi connectivity index (χ0v) is 8.50. The van der Waals surface area contributed by atoms with Gasteiger partial charge in [0.1, 0.15) is 0 Å². The van der Waals surface area contributed by atoms with Gasteiger partial charge in [-0.2, -0.15) is 0 Å². The van der Waals surface area contributed by atoms with Crippen molar-refractivity contribution in [3.05, 3.63) is 0 Å². The molecule has 0 radical (unpaired) electrons. The molecule has 1 aliphatic carbocycles. The summed E-state index contributed by atoms with van der Waals surface area (Å²) in [5.74, 6) is -0.173. The Morgan fingerprint density at radius 3 is 2.46 bits per heavy atom. The van der Waals surface area contributed by atoms with Crippen molar-refractivity contribution in [3.63, 3.8) is 0 Å². The first kappa shape index (κ1) is 9.00. The van der Waals surface area contributed by atoms with Crippen molar-refractivity contribution in [2.75, 3.05) is 13.1 Å². The van der Waals surface area contributed by atoms with Crippen LogP contribution in [0.1, 0.15) is 27.2 Å². The van der Waals surface area contributed by atoms with Gasteiger partial charge < -0.3 is 5.11 Å². The van der Waals surface area contributed by atoms with Gasteiger partial charge in [0.25, 0.3) is 0 Å². The highest BCUT2D eigenvalue weighted by atomic mass is 16.4. The summed E-state index contributed by atoms with van der Waals surface area (Å²) in [7, 11) is 0. The van der Waals surface area contributed by atoms with Gasteiger partial charge in [0.2, 0.25) is 0 Å². The Morgan fingerprint density at radius 2 is 2.15 bits per heavy atom. The molecule has 1 aliphatic heterocycles. The van der Waals surface area contributed by atoms with E-state index in [0.717, 1.165) is 19.5 Å². The number of carbonyl (C=O) groups is 1. The zero-order valence-electron chi connectivity index (χ0n) is 8.50. The van der Waals surface area contributed by atoms with Crippen LogP contribution in [0, 0.1) is 11.3 Å². The molecule has 0 amide bonds. The fraction of sp³-hybridized carbons (Fsp3) is 0.900. The fourth-order valence-corrected chi connectivity index (χ4v) is 2.33. The molecular weight excluding hydrogens is 166 g/mol. The van der Waals surface area contributed by atoms with Crippen LogP contribution in [0.5, 0.6) is 0 Å². The lowest BCUT2D eigenvalue weighted by Gasteiger charge is -2.33. The van der Waals surface area contributed by atoms with Crippen LogP contribution in [0.3, 0.4) is 0 Å².